The van der Waals surface area contributed by atoms with Gasteiger partial charge >= 0.3 is 6.09 Å². The number of thioether (sulfide) groups is 1. The Morgan fingerprint density at radius 2 is 1.93 bits per heavy atom. The van der Waals surface area contributed by atoms with Gasteiger partial charge in [0.1, 0.15) is 12.1 Å². The van der Waals surface area contributed by atoms with Crippen molar-refractivity contribution in [2.45, 2.75) is 37.7 Å². The molecule has 3 rings (SSSR count). The molecular weight excluding hydrogens is 438 g/mol. The second-order valence-electron chi connectivity index (χ2n) is 7.79. The fourth-order valence-corrected chi connectivity index (χ4v) is 7.13. The maximum Gasteiger partial charge on any atom is 0.408 e. The fourth-order valence-electron chi connectivity index (χ4n) is 3.08. The van der Waals surface area contributed by atoms with E-state index in [1.807, 2.05) is 0 Å². The van der Waals surface area contributed by atoms with E-state index >= 15 is 0 Å². The van der Waals surface area contributed by atoms with E-state index in [-0.39, 0.29) is 29.3 Å². The molecule has 8 nitrogen and oxygen atoms in total. The van der Waals surface area contributed by atoms with Gasteiger partial charge in [-0.25, -0.2) is 13.2 Å². The van der Waals surface area contributed by atoms with Gasteiger partial charge in [0.15, 0.2) is 15.0 Å². The van der Waals surface area contributed by atoms with Gasteiger partial charge in [0.25, 0.3) is 5.91 Å². The van der Waals surface area contributed by atoms with Gasteiger partial charge in [-0.05, 0) is 45.0 Å². The van der Waals surface area contributed by atoms with Crippen LogP contribution in [0.5, 0.6) is 0 Å². The highest BCUT2D eigenvalue weighted by Gasteiger charge is 2.49. The van der Waals surface area contributed by atoms with Gasteiger partial charge < -0.3 is 15.0 Å². The zero-order valence-electron chi connectivity index (χ0n) is 16.2. The van der Waals surface area contributed by atoms with Gasteiger partial charge in [0.05, 0.1) is 17.5 Å². The highest BCUT2D eigenvalue weighted by molar-refractivity contribution is 8.16. The van der Waals surface area contributed by atoms with E-state index < -0.39 is 27.4 Å². The Labute approximate surface area is 178 Å². The molecule has 29 heavy (non-hydrogen) atoms. The van der Waals surface area contributed by atoms with Crippen LogP contribution >= 0.6 is 23.4 Å². The lowest BCUT2D eigenvalue weighted by atomic mass is 10.2. The summed E-state index contributed by atoms with van der Waals surface area (Å²) in [5, 5.41) is 3.13. The van der Waals surface area contributed by atoms with Crippen LogP contribution in [0, 0.1) is 0 Å². The van der Waals surface area contributed by atoms with Crippen molar-refractivity contribution >= 4 is 56.1 Å². The second kappa shape index (κ2) is 8.16. The summed E-state index contributed by atoms with van der Waals surface area (Å²) in [6.45, 7) is 4.85. The van der Waals surface area contributed by atoms with Crippen molar-refractivity contribution < 1.29 is 22.7 Å². The summed E-state index contributed by atoms with van der Waals surface area (Å²) >= 11 is 7.22. The predicted molar refractivity (Wildman–Crippen MR) is 114 cm³/mol. The number of anilines is 1. The summed E-state index contributed by atoms with van der Waals surface area (Å²) in [7, 11) is -3.15. The first-order valence-electron chi connectivity index (χ1n) is 8.94. The van der Waals surface area contributed by atoms with Crippen molar-refractivity contribution in [3.63, 3.8) is 0 Å². The Bertz CT molecular complexity index is 941. The van der Waals surface area contributed by atoms with Crippen LogP contribution in [0.4, 0.5) is 10.5 Å². The Morgan fingerprint density at radius 1 is 1.28 bits per heavy atom. The number of ether oxygens (including phenoxy) is 1. The first kappa shape index (κ1) is 21.9. The molecule has 0 aliphatic carbocycles. The van der Waals surface area contributed by atoms with Crippen LogP contribution in [0.3, 0.4) is 0 Å². The average Bonchev–Trinajstić information content (AvgIpc) is 3.03. The largest absolute Gasteiger partial charge is 0.444 e. The van der Waals surface area contributed by atoms with E-state index in [9.17, 15) is 18.0 Å². The van der Waals surface area contributed by atoms with Crippen molar-refractivity contribution in [2.24, 2.45) is 4.99 Å². The van der Waals surface area contributed by atoms with Gasteiger partial charge in [-0.15, -0.1) is 0 Å². The molecule has 2 amide bonds. The fraction of sp³-hybridized carbons (Fsp3) is 0.500. The Morgan fingerprint density at radius 3 is 2.55 bits per heavy atom. The summed E-state index contributed by atoms with van der Waals surface area (Å²) in [4.78, 5) is 29.9. The number of amidine groups is 1. The molecule has 0 unspecified atom stereocenters. The topological polar surface area (TPSA) is 105 Å². The third-order valence-corrected chi connectivity index (χ3v) is 7.64. The van der Waals surface area contributed by atoms with Crippen LogP contribution in [0.25, 0.3) is 0 Å². The number of hydrogen-bond donors (Lipinski definition) is 1. The zero-order valence-corrected chi connectivity index (χ0v) is 18.6. The molecule has 1 N–H and O–H groups in total. The van der Waals surface area contributed by atoms with E-state index in [0.29, 0.717) is 15.9 Å². The highest BCUT2D eigenvalue weighted by Crippen LogP contribution is 2.41. The molecule has 2 saturated heterocycles. The lowest BCUT2D eigenvalue weighted by molar-refractivity contribution is -0.117. The minimum atomic E-state index is -3.15. The van der Waals surface area contributed by atoms with Gasteiger partial charge in [-0.3, -0.25) is 4.79 Å². The van der Waals surface area contributed by atoms with Crippen molar-refractivity contribution in [1.82, 2.24) is 5.32 Å². The SMILES string of the molecule is CC(C)(C)OC(=O)NCC(=O)N=C1S[C@H]2CS(=O)(=O)C[C@H]2N1c1ccc(Cl)cc1. The molecule has 2 heterocycles. The molecule has 2 aliphatic rings. The maximum atomic E-state index is 12.3. The van der Waals surface area contributed by atoms with Crippen LogP contribution in [0.15, 0.2) is 29.3 Å². The van der Waals surface area contributed by atoms with E-state index in [1.54, 1.807) is 49.9 Å². The number of aliphatic imine (C=N–C) groups is 1. The lowest BCUT2D eigenvalue weighted by Crippen LogP contribution is -2.38. The Kier molecular flexibility index (Phi) is 6.16. The zero-order chi connectivity index (χ0) is 21.4. The standard InChI is InChI=1S/C18H22ClN3O5S2/c1-18(2,3)27-17(24)20-8-15(23)21-16-22(12-6-4-11(19)5-7-12)13-9-29(25,26)10-14(13)28-16/h4-7,13-14H,8-10H2,1-3H3,(H,20,24)/t13-,14+/m1/s1. The summed E-state index contributed by atoms with van der Waals surface area (Å²) < 4.78 is 29.2. The van der Waals surface area contributed by atoms with E-state index in [2.05, 4.69) is 10.3 Å². The van der Waals surface area contributed by atoms with Crippen LogP contribution in [0.2, 0.25) is 5.02 Å². The Balaban J connectivity index is 1.77. The molecule has 11 heteroatoms. The molecule has 2 fully saturated rings. The summed E-state index contributed by atoms with van der Waals surface area (Å²) in [6, 6.07) is 6.60. The molecule has 2 aliphatic heterocycles. The monoisotopic (exact) mass is 459 g/mol. The molecule has 0 saturated carbocycles. The van der Waals surface area contributed by atoms with Gasteiger partial charge in [0, 0.05) is 16.0 Å². The molecule has 0 aromatic heterocycles. The number of alkyl carbamates (subject to hydrolysis) is 1. The normalized spacial score (nSPS) is 24.4. The van der Waals surface area contributed by atoms with Crippen molar-refractivity contribution in [2.75, 3.05) is 23.0 Å². The molecule has 2 atom stereocenters. The number of halogens is 1. The van der Waals surface area contributed by atoms with Gasteiger partial charge in [0.2, 0.25) is 0 Å². The number of benzene rings is 1. The number of hydrogen-bond acceptors (Lipinski definition) is 6. The molecular formula is C18H22ClN3O5S2. The van der Waals surface area contributed by atoms with E-state index in [4.69, 9.17) is 16.3 Å². The third-order valence-electron chi connectivity index (χ3n) is 4.17. The summed E-state index contributed by atoms with van der Waals surface area (Å²) in [6.07, 6.45) is -0.706. The van der Waals surface area contributed by atoms with Crippen molar-refractivity contribution in [3.05, 3.63) is 29.3 Å². The van der Waals surface area contributed by atoms with Crippen LogP contribution in [-0.2, 0) is 19.4 Å². The minimum absolute atomic E-state index is 0.00331. The lowest BCUT2D eigenvalue weighted by Gasteiger charge is -2.24. The van der Waals surface area contributed by atoms with Crippen LogP contribution in [0.1, 0.15) is 20.8 Å². The van der Waals surface area contributed by atoms with Gasteiger partial charge in [-0.2, -0.15) is 4.99 Å². The van der Waals surface area contributed by atoms with Gasteiger partial charge in [-0.1, -0.05) is 23.4 Å². The predicted octanol–water partition coefficient (Wildman–Crippen LogP) is 2.47. The number of rotatable bonds is 3. The van der Waals surface area contributed by atoms with Crippen molar-refractivity contribution in [3.8, 4) is 0 Å². The molecule has 1 aromatic rings. The highest BCUT2D eigenvalue weighted by atomic mass is 35.5. The third kappa shape index (κ3) is 5.64. The molecule has 158 valence electrons. The Hall–Kier alpha value is -1.78. The van der Waals surface area contributed by atoms with E-state index in [0.717, 1.165) is 0 Å². The first-order valence-corrected chi connectivity index (χ1v) is 12.0. The number of sulfone groups is 1. The number of amides is 2. The van der Waals surface area contributed by atoms with Crippen molar-refractivity contribution in [1.29, 1.82) is 0 Å². The molecule has 1 aromatic carbocycles. The molecule has 0 radical (unpaired) electrons. The smallest absolute Gasteiger partial charge is 0.408 e. The second-order valence-corrected chi connectivity index (χ2v) is 11.6. The maximum absolute atomic E-state index is 12.3. The number of carbonyl (C=O) groups excluding carboxylic acids is 2. The number of nitrogens with one attached hydrogen (secondary N) is 1. The molecule has 0 bridgehead atoms. The number of fused-ring (bicyclic) bond motifs is 1. The first-order chi connectivity index (χ1) is 13.4. The summed E-state index contributed by atoms with van der Waals surface area (Å²) in [5.74, 6) is -0.521. The number of nitrogens with zero attached hydrogens (tertiary/aromatic N) is 2. The quantitative estimate of drug-likeness (QED) is 0.740. The van der Waals surface area contributed by atoms with Crippen LogP contribution < -0.4 is 10.2 Å². The van der Waals surface area contributed by atoms with E-state index in [1.165, 1.54) is 11.8 Å². The average molecular weight is 460 g/mol. The number of carbonyl (C=O) groups is 2. The summed E-state index contributed by atoms with van der Waals surface area (Å²) in [5.41, 5.74) is 0.0346. The van der Waals surface area contributed by atoms with Crippen LogP contribution in [-0.4, -0.2) is 60.5 Å². The molecule has 0 spiro atoms. The minimum Gasteiger partial charge on any atom is -0.444 e.